The van der Waals surface area contributed by atoms with Crippen LogP contribution in [-0.2, 0) is 19.8 Å². The molecule has 2 aliphatic rings. The van der Waals surface area contributed by atoms with Gasteiger partial charge in [0.1, 0.15) is 17.2 Å². The van der Waals surface area contributed by atoms with Crippen molar-refractivity contribution in [2.45, 2.75) is 18.1 Å². The number of halogens is 2. The van der Waals surface area contributed by atoms with E-state index in [0.717, 1.165) is 12.1 Å². The van der Waals surface area contributed by atoms with Crippen LogP contribution in [0.2, 0.25) is 0 Å². The molecule has 1 fully saturated rings. The maximum absolute atomic E-state index is 14.4. The summed E-state index contributed by atoms with van der Waals surface area (Å²) in [5.41, 5.74) is 4.66. The number of hydrogen-bond donors (Lipinski definition) is 1. The SMILES string of the molecule is COCC1CC2C(=O)N(C)C(N)=NC2(c2ccc(F)cc2F)CO1. The molecule has 0 radical (unpaired) electrons. The van der Waals surface area contributed by atoms with Crippen molar-refractivity contribution in [3.05, 3.63) is 35.4 Å². The topological polar surface area (TPSA) is 77.2 Å². The fourth-order valence-corrected chi connectivity index (χ4v) is 3.38. The van der Waals surface area contributed by atoms with Gasteiger partial charge in [-0.3, -0.25) is 9.69 Å². The number of carbonyl (C=O) groups excluding carboxylic acids is 1. The zero-order valence-electron chi connectivity index (χ0n) is 13.5. The van der Waals surface area contributed by atoms with Gasteiger partial charge < -0.3 is 15.2 Å². The van der Waals surface area contributed by atoms with Crippen LogP contribution in [0, 0.1) is 17.6 Å². The Labute approximate surface area is 138 Å². The average molecular weight is 339 g/mol. The van der Waals surface area contributed by atoms with Crippen molar-refractivity contribution >= 4 is 11.9 Å². The van der Waals surface area contributed by atoms with Gasteiger partial charge in [0.25, 0.3) is 0 Å². The normalized spacial score (nSPS) is 30.1. The zero-order chi connectivity index (χ0) is 17.5. The van der Waals surface area contributed by atoms with E-state index in [0.29, 0.717) is 13.0 Å². The van der Waals surface area contributed by atoms with E-state index in [4.69, 9.17) is 15.2 Å². The zero-order valence-corrected chi connectivity index (χ0v) is 13.5. The predicted octanol–water partition coefficient (Wildman–Crippen LogP) is 0.998. The number of nitrogens with two attached hydrogens (primary N) is 1. The molecule has 3 atom stereocenters. The minimum atomic E-state index is -1.30. The molecule has 0 spiro atoms. The molecule has 24 heavy (non-hydrogen) atoms. The van der Waals surface area contributed by atoms with Gasteiger partial charge in [0.2, 0.25) is 5.91 Å². The van der Waals surface area contributed by atoms with E-state index in [9.17, 15) is 13.6 Å². The number of guanidine groups is 1. The fourth-order valence-electron chi connectivity index (χ4n) is 3.38. The van der Waals surface area contributed by atoms with Crippen LogP contribution in [0.15, 0.2) is 23.2 Å². The van der Waals surface area contributed by atoms with E-state index in [1.54, 1.807) is 0 Å². The summed E-state index contributed by atoms with van der Waals surface area (Å²) in [5, 5.41) is 0. The van der Waals surface area contributed by atoms with Gasteiger partial charge in [-0.1, -0.05) is 6.07 Å². The lowest BCUT2D eigenvalue weighted by Gasteiger charge is -2.47. The highest BCUT2D eigenvalue weighted by molar-refractivity contribution is 6.00. The van der Waals surface area contributed by atoms with Gasteiger partial charge in [-0.15, -0.1) is 0 Å². The molecule has 0 saturated carbocycles. The molecule has 0 aliphatic carbocycles. The van der Waals surface area contributed by atoms with E-state index >= 15 is 0 Å². The van der Waals surface area contributed by atoms with Crippen molar-refractivity contribution in [1.82, 2.24) is 4.90 Å². The summed E-state index contributed by atoms with van der Waals surface area (Å²) in [4.78, 5) is 18.4. The summed E-state index contributed by atoms with van der Waals surface area (Å²) in [6.07, 6.45) is 0.00782. The van der Waals surface area contributed by atoms with Crippen LogP contribution >= 0.6 is 0 Å². The monoisotopic (exact) mass is 339 g/mol. The van der Waals surface area contributed by atoms with Crippen LogP contribution in [-0.4, -0.2) is 50.2 Å². The number of fused-ring (bicyclic) bond motifs is 1. The summed E-state index contributed by atoms with van der Waals surface area (Å²) < 4.78 is 38.6. The number of rotatable bonds is 3. The molecule has 2 N–H and O–H groups in total. The van der Waals surface area contributed by atoms with E-state index in [1.807, 2.05) is 0 Å². The Morgan fingerprint density at radius 3 is 2.92 bits per heavy atom. The van der Waals surface area contributed by atoms with E-state index < -0.39 is 23.1 Å². The van der Waals surface area contributed by atoms with Crippen molar-refractivity contribution < 1.29 is 23.0 Å². The Hall–Kier alpha value is -2.06. The molecule has 0 aromatic heterocycles. The Kier molecular flexibility index (Phi) is 4.27. The lowest BCUT2D eigenvalue weighted by atomic mass is 9.72. The third-order valence-corrected chi connectivity index (χ3v) is 4.65. The van der Waals surface area contributed by atoms with Gasteiger partial charge in [0.05, 0.1) is 25.2 Å². The third kappa shape index (κ3) is 2.55. The highest BCUT2D eigenvalue weighted by atomic mass is 19.1. The second kappa shape index (κ2) is 6.10. The first-order valence-electron chi connectivity index (χ1n) is 7.58. The number of benzene rings is 1. The predicted molar refractivity (Wildman–Crippen MR) is 82.2 cm³/mol. The van der Waals surface area contributed by atoms with Gasteiger partial charge >= 0.3 is 0 Å². The van der Waals surface area contributed by atoms with Crippen molar-refractivity contribution in [1.29, 1.82) is 0 Å². The third-order valence-electron chi connectivity index (χ3n) is 4.65. The molecule has 3 rings (SSSR count). The van der Waals surface area contributed by atoms with E-state index in [-0.39, 0.29) is 30.1 Å². The smallest absolute Gasteiger partial charge is 0.235 e. The van der Waals surface area contributed by atoms with E-state index in [1.165, 1.54) is 25.1 Å². The lowest BCUT2D eigenvalue weighted by Crippen LogP contribution is -2.60. The molecule has 3 unspecified atom stereocenters. The van der Waals surface area contributed by atoms with Crippen LogP contribution < -0.4 is 5.73 Å². The first-order chi connectivity index (χ1) is 11.4. The van der Waals surface area contributed by atoms with Gasteiger partial charge in [-0.05, 0) is 12.5 Å². The quantitative estimate of drug-likeness (QED) is 0.891. The second-order valence-electron chi connectivity index (χ2n) is 6.09. The van der Waals surface area contributed by atoms with Crippen LogP contribution in [0.25, 0.3) is 0 Å². The number of nitrogens with zero attached hydrogens (tertiary/aromatic N) is 2. The number of hydrogen-bond acceptors (Lipinski definition) is 5. The van der Waals surface area contributed by atoms with Gasteiger partial charge in [0.15, 0.2) is 5.96 Å². The molecule has 8 heteroatoms. The Bertz CT molecular complexity index is 697. The Morgan fingerprint density at radius 1 is 1.50 bits per heavy atom. The highest BCUT2D eigenvalue weighted by Gasteiger charge is 2.54. The van der Waals surface area contributed by atoms with Crippen molar-refractivity contribution in [3.8, 4) is 0 Å². The number of methoxy groups -OCH3 is 1. The van der Waals surface area contributed by atoms with Crippen LogP contribution in [0.3, 0.4) is 0 Å². The molecule has 1 amide bonds. The van der Waals surface area contributed by atoms with Gasteiger partial charge in [-0.2, -0.15) is 0 Å². The highest BCUT2D eigenvalue weighted by Crippen LogP contribution is 2.45. The summed E-state index contributed by atoms with van der Waals surface area (Å²) in [6.45, 7) is 0.281. The van der Waals surface area contributed by atoms with Crippen LogP contribution in [0.5, 0.6) is 0 Å². The van der Waals surface area contributed by atoms with Gasteiger partial charge in [-0.25, -0.2) is 13.8 Å². The number of aliphatic imine (C=N–C) groups is 1. The van der Waals surface area contributed by atoms with Crippen molar-refractivity contribution in [3.63, 3.8) is 0 Å². The summed E-state index contributed by atoms with van der Waals surface area (Å²) in [5.74, 6) is -2.43. The minimum Gasteiger partial charge on any atom is -0.382 e. The summed E-state index contributed by atoms with van der Waals surface area (Å²) in [7, 11) is 3.06. The molecule has 2 heterocycles. The molecule has 130 valence electrons. The van der Waals surface area contributed by atoms with E-state index in [2.05, 4.69) is 4.99 Å². The van der Waals surface area contributed by atoms with Crippen molar-refractivity contribution in [2.24, 2.45) is 16.6 Å². The van der Waals surface area contributed by atoms with Crippen molar-refractivity contribution in [2.75, 3.05) is 27.4 Å². The minimum absolute atomic E-state index is 0.0197. The Morgan fingerprint density at radius 2 is 2.25 bits per heavy atom. The molecule has 1 aromatic carbocycles. The first kappa shape index (κ1) is 16.8. The number of ether oxygens (including phenoxy) is 2. The molecule has 1 saturated heterocycles. The maximum Gasteiger partial charge on any atom is 0.235 e. The fraction of sp³-hybridized carbons (Fsp3) is 0.500. The average Bonchev–Trinajstić information content (AvgIpc) is 2.54. The number of amides is 1. The molecule has 0 bridgehead atoms. The largest absolute Gasteiger partial charge is 0.382 e. The van der Waals surface area contributed by atoms with Crippen LogP contribution in [0.1, 0.15) is 12.0 Å². The number of carbonyl (C=O) groups is 1. The standard InChI is InChI=1S/C16H19F2N3O3/c1-21-14(22)12-6-10(7-23-2)24-8-16(12,20-15(21)19)11-4-3-9(17)5-13(11)18/h3-5,10,12H,6-8H2,1-2H3,(H2,19,20). The summed E-state index contributed by atoms with van der Waals surface area (Å²) in [6, 6.07) is 3.21. The molecule has 1 aromatic rings. The lowest BCUT2D eigenvalue weighted by molar-refractivity contribution is -0.148. The molecular formula is C16H19F2N3O3. The maximum atomic E-state index is 14.4. The van der Waals surface area contributed by atoms with Gasteiger partial charge in [0, 0.05) is 25.8 Å². The summed E-state index contributed by atoms with van der Waals surface area (Å²) >= 11 is 0. The van der Waals surface area contributed by atoms with Crippen LogP contribution in [0.4, 0.5) is 8.78 Å². The first-order valence-corrected chi connectivity index (χ1v) is 7.58. The molecular weight excluding hydrogens is 320 g/mol. The Balaban J connectivity index is 2.11. The molecule has 2 aliphatic heterocycles. The second-order valence-corrected chi connectivity index (χ2v) is 6.09. The molecule has 6 nitrogen and oxygen atoms in total.